The van der Waals surface area contributed by atoms with Gasteiger partial charge in [0.25, 0.3) is 0 Å². The van der Waals surface area contributed by atoms with Gasteiger partial charge in [0, 0.05) is 69.1 Å². The quantitative estimate of drug-likeness (QED) is 0.351. The molecule has 0 saturated carbocycles. The van der Waals surface area contributed by atoms with Crippen LogP contribution in [0.1, 0.15) is 20.3 Å². The number of hydrogen-bond donors (Lipinski definition) is 3. The Morgan fingerprint density at radius 2 is 1.82 bits per heavy atom. The number of guanidine groups is 1. The molecule has 1 heterocycles. The maximum atomic E-state index is 11.6. The van der Waals surface area contributed by atoms with Crippen LogP contribution in [0, 0.1) is 5.92 Å². The minimum absolute atomic E-state index is 0.00264. The van der Waals surface area contributed by atoms with Gasteiger partial charge in [-0.05, 0) is 6.42 Å². The van der Waals surface area contributed by atoms with Crippen LogP contribution in [0.4, 0.5) is 5.69 Å². The van der Waals surface area contributed by atoms with E-state index in [0.717, 1.165) is 42.7 Å². The van der Waals surface area contributed by atoms with E-state index in [2.05, 4.69) is 25.8 Å². The summed E-state index contributed by atoms with van der Waals surface area (Å²) in [5, 5.41) is 9.59. The molecular weight excluding hydrogens is 358 g/mol. The molecule has 0 aliphatic carbocycles. The summed E-state index contributed by atoms with van der Waals surface area (Å²) in [5.41, 5.74) is 1.08. The van der Waals surface area contributed by atoms with Crippen molar-refractivity contribution in [2.75, 3.05) is 52.3 Å². The van der Waals surface area contributed by atoms with Crippen LogP contribution in [0.2, 0.25) is 0 Å². The lowest BCUT2D eigenvalue weighted by molar-refractivity contribution is -0.123. The number of hydrogen-bond acceptors (Lipinski definition) is 5. The van der Waals surface area contributed by atoms with E-state index in [9.17, 15) is 4.79 Å². The highest BCUT2D eigenvalue weighted by atomic mass is 16.5. The fourth-order valence-corrected chi connectivity index (χ4v) is 3.05. The fourth-order valence-electron chi connectivity index (χ4n) is 3.05. The molecule has 1 fully saturated rings. The number of methoxy groups -OCH3 is 2. The van der Waals surface area contributed by atoms with Crippen LogP contribution in [-0.2, 0) is 4.79 Å². The normalized spacial score (nSPS) is 16.9. The number of rotatable bonds is 8. The number of nitrogens with one attached hydrogen (secondary N) is 3. The van der Waals surface area contributed by atoms with E-state index in [1.54, 1.807) is 21.3 Å². The van der Waals surface area contributed by atoms with Gasteiger partial charge in [-0.15, -0.1) is 0 Å². The largest absolute Gasteiger partial charge is 0.497 e. The number of benzene rings is 1. The van der Waals surface area contributed by atoms with Gasteiger partial charge in [-0.2, -0.15) is 0 Å². The molecule has 28 heavy (non-hydrogen) atoms. The molecule has 0 aromatic heterocycles. The highest BCUT2D eigenvalue weighted by molar-refractivity contribution is 5.80. The first-order valence-electron chi connectivity index (χ1n) is 9.69. The zero-order chi connectivity index (χ0) is 20.5. The van der Waals surface area contributed by atoms with Crippen LogP contribution >= 0.6 is 0 Å². The van der Waals surface area contributed by atoms with Crippen LogP contribution in [0.15, 0.2) is 23.2 Å². The number of anilines is 1. The first kappa shape index (κ1) is 21.7. The standard InChI is InChI=1S/C20H33N5O3/c1-14(2)19(26)22-7-8-23-20(21-3)24-15-6-9-25(13-15)16-10-17(27-4)12-18(11-16)28-5/h10-12,14-15H,6-9,13H2,1-5H3,(H,22,26)(H2,21,23,24). The summed E-state index contributed by atoms with van der Waals surface area (Å²) in [4.78, 5) is 18.2. The molecule has 1 aliphatic heterocycles. The van der Waals surface area contributed by atoms with Crippen LogP contribution in [-0.4, -0.2) is 65.4 Å². The van der Waals surface area contributed by atoms with E-state index < -0.39 is 0 Å². The molecule has 0 bridgehead atoms. The van der Waals surface area contributed by atoms with E-state index in [1.165, 1.54) is 0 Å². The predicted molar refractivity (Wildman–Crippen MR) is 113 cm³/mol. The summed E-state index contributed by atoms with van der Waals surface area (Å²) in [5.74, 6) is 2.37. The van der Waals surface area contributed by atoms with Crippen LogP contribution < -0.4 is 30.3 Å². The molecule has 1 atom stereocenters. The zero-order valence-electron chi connectivity index (χ0n) is 17.5. The molecule has 1 amide bonds. The first-order valence-corrected chi connectivity index (χ1v) is 9.69. The molecular formula is C20H33N5O3. The van der Waals surface area contributed by atoms with Crippen molar-refractivity contribution in [2.24, 2.45) is 10.9 Å². The Morgan fingerprint density at radius 1 is 1.18 bits per heavy atom. The van der Waals surface area contributed by atoms with Crippen molar-refractivity contribution in [3.05, 3.63) is 18.2 Å². The number of aliphatic imine (C=N–C) groups is 1. The van der Waals surface area contributed by atoms with Crippen molar-refractivity contribution in [3.8, 4) is 11.5 Å². The van der Waals surface area contributed by atoms with E-state index in [0.29, 0.717) is 13.1 Å². The Bertz CT molecular complexity index is 656. The Balaban J connectivity index is 1.83. The Morgan fingerprint density at radius 3 is 2.39 bits per heavy atom. The molecule has 1 aliphatic rings. The second-order valence-electron chi connectivity index (χ2n) is 7.09. The number of carbonyl (C=O) groups is 1. The average molecular weight is 392 g/mol. The van der Waals surface area contributed by atoms with Gasteiger partial charge in [0.1, 0.15) is 11.5 Å². The molecule has 2 rings (SSSR count). The van der Waals surface area contributed by atoms with Gasteiger partial charge >= 0.3 is 0 Å². The van der Waals surface area contributed by atoms with Crippen LogP contribution in [0.5, 0.6) is 11.5 Å². The Kier molecular flexibility index (Phi) is 8.22. The predicted octanol–water partition coefficient (Wildman–Crippen LogP) is 1.22. The average Bonchev–Trinajstić information content (AvgIpc) is 3.18. The van der Waals surface area contributed by atoms with Crippen LogP contribution in [0.25, 0.3) is 0 Å². The third kappa shape index (κ3) is 6.21. The summed E-state index contributed by atoms with van der Waals surface area (Å²) >= 11 is 0. The molecule has 0 radical (unpaired) electrons. The molecule has 3 N–H and O–H groups in total. The topological polar surface area (TPSA) is 87.2 Å². The van der Waals surface area contributed by atoms with Crippen LogP contribution in [0.3, 0.4) is 0 Å². The minimum atomic E-state index is -0.00264. The number of nitrogens with zero attached hydrogens (tertiary/aromatic N) is 2. The molecule has 1 unspecified atom stereocenters. The first-order chi connectivity index (χ1) is 13.5. The third-order valence-electron chi connectivity index (χ3n) is 4.70. The second-order valence-corrected chi connectivity index (χ2v) is 7.09. The van der Waals surface area contributed by atoms with Crippen molar-refractivity contribution in [2.45, 2.75) is 26.3 Å². The smallest absolute Gasteiger partial charge is 0.222 e. The van der Waals surface area contributed by atoms with E-state index in [4.69, 9.17) is 9.47 Å². The van der Waals surface area contributed by atoms with E-state index >= 15 is 0 Å². The minimum Gasteiger partial charge on any atom is -0.497 e. The summed E-state index contributed by atoms with van der Waals surface area (Å²) in [6.07, 6.45) is 1.00. The summed E-state index contributed by atoms with van der Waals surface area (Å²) < 4.78 is 10.7. The molecule has 8 nitrogen and oxygen atoms in total. The number of ether oxygens (including phenoxy) is 2. The Labute approximate surface area is 167 Å². The third-order valence-corrected chi connectivity index (χ3v) is 4.70. The molecule has 1 aromatic carbocycles. The number of carbonyl (C=O) groups excluding carboxylic acids is 1. The zero-order valence-corrected chi connectivity index (χ0v) is 17.5. The van der Waals surface area contributed by atoms with Gasteiger partial charge in [0.15, 0.2) is 5.96 Å². The van der Waals surface area contributed by atoms with Crippen molar-refractivity contribution in [1.29, 1.82) is 0 Å². The second kappa shape index (κ2) is 10.6. The monoisotopic (exact) mass is 391 g/mol. The van der Waals surface area contributed by atoms with Crippen molar-refractivity contribution >= 4 is 17.6 Å². The van der Waals surface area contributed by atoms with Gasteiger partial charge in [0.2, 0.25) is 5.91 Å². The SMILES string of the molecule is CN=C(NCCNC(=O)C(C)C)NC1CCN(c2cc(OC)cc(OC)c2)C1. The molecule has 0 spiro atoms. The highest BCUT2D eigenvalue weighted by Gasteiger charge is 2.24. The summed E-state index contributed by atoms with van der Waals surface area (Å²) in [6, 6.07) is 6.21. The van der Waals surface area contributed by atoms with E-state index in [-0.39, 0.29) is 17.9 Å². The molecule has 1 saturated heterocycles. The van der Waals surface area contributed by atoms with Crippen molar-refractivity contribution < 1.29 is 14.3 Å². The van der Waals surface area contributed by atoms with Gasteiger partial charge in [-0.3, -0.25) is 9.79 Å². The lowest BCUT2D eigenvalue weighted by Gasteiger charge is -2.21. The maximum absolute atomic E-state index is 11.6. The maximum Gasteiger partial charge on any atom is 0.222 e. The van der Waals surface area contributed by atoms with Gasteiger partial charge in [0.05, 0.1) is 14.2 Å². The van der Waals surface area contributed by atoms with Gasteiger partial charge in [-0.25, -0.2) is 0 Å². The highest BCUT2D eigenvalue weighted by Crippen LogP contribution is 2.30. The molecule has 8 heteroatoms. The number of amides is 1. The lowest BCUT2D eigenvalue weighted by Crippen LogP contribution is -2.46. The summed E-state index contributed by atoms with van der Waals surface area (Å²) in [6.45, 7) is 6.76. The summed E-state index contributed by atoms with van der Waals surface area (Å²) in [7, 11) is 5.07. The van der Waals surface area contributed by atoms with E-state index in [1.807, 2.05) is 32.0 Å². The van der Waals surface area contributed by atoms with Gasteiger partial charge < -0.3 is 30.3 Å². The lowest BCUT2D eigenvalue weighted by atomic mass is 10.2. The van der Waals surface area contributed by atoms with Crippen molar-refractivity contribution in [3.63, 3.8) is 0 Å². The molecule has 1 aromatic rings. The van der Waals surface area contributed by atoms with Crippen molar-refractivity contribution in [1.82, 2.24) is 16.0 Å². The Hall–Kier alpha value is -2.64. The van der Waals surface area contributed by atoms with Gasteiger partial charge in [-0.1, -0.05) is 13.8 Å². The molecule has 156 valence electrons. The fraction of sp³-hybridized carbons (Fsp3) is 0.600.